The van der Waals surface area contributed by atoms with Gasteiger partial charge in [-0.3, -0.25) is 9.25 Å². The van der Waals surface area contributed by atoms with Crippen molar-refractivity contribution in [3.05, 3.63) is 46.4 Å². The van der Waals surface area contributed by atoms with Crippen LogP contribution in [0.5, 0.6) is 0 Å². The summed E-state index contributed by atoms with van der Waals surface area (Å²) < 4.78 is 4.89. The molecule has 0 bridgehead atoms. The second-order valence-corrected chi connectivity index (χ2v) is 5.85. The van der Waals surface area contributed by atoms with Crippen molar-refractivity contribution >= 4 is 23.4 Å². The molecule has 0 saturated heterocycles. The van der Waals surface area contributed by atoms with Crippen molar-refractivity contribution < 1.29 is 0 Å². The molecule has 1 aromatic carbocycles. The van der Waals surface area contributed by atoms with Gasteiger partial charge in [-0.05, 0) is 37.5 Å². The maximum atomic E-state index is 5.53. The second kappa shape index (κ2) is 5.48. The number of imidazole rings is 1. The van der Waals surface area contributed by atoms with Crippen molar-refractivity contribution in [2.45, 2.75) is 32.7 Å². The Labute approximate surface area is 129 Å². The fraction of sp³-hybridized carbons (Fsp3) is 0.375. The Balaban J connectivity index is 2.05. The van der Waals surface area contributed by atoms with Crippen LogP contribution in [0.15, 0.2) is 30.3 Å². The van der Waals surface area contributed by atoms with Gasteiger partial charge in [0.15, 0.2) is 10.4 Å². The molecule has 21 heavy (non-hydrogen) atoms. The number of nitrogens with one attached hydrogen (secondary N) is 1. The lowest BCUT2D eigenvalue weighted by Gasteiger charge is -2.14. The fourth-order valence-corrected chi connectivity index (χ4v) is 3.31. The summed E-state index contributed by atoms with van der Waals surface area (Å²) >= 11 is 5.53. The van der Waals surface area contributed by atoms with Crippen molar-refractivity contribution in [2.75, 3.05) is 0 Å². The lowest BCUT2D eigenvalue weighted by molar-refractivity contribution is 0.538. The summed E-state index contributed by atoms with van der Waals surface area (Å²) in [6.07, 6.45) is 1.86. The lowest BCUT2D eigenvalue weighted by atomic mass is 10.1. The minimum absolute atomic E-state index is 0.286. The summed E-state index contributed by atoms with van der Waals surface area (Å²) in [6, 6.07) is 10.8. The molecular weight excluding hydrogens is 280 g/mol. The van der Waals surface area contributed by atoms with Crippen LogP contribution in [-0.2, 0) is 19.9 Å². The number of hydrogen-bond acceptors (Lipinski definition) is 2. The quantitative estimate of drug-likeness (QED) is 0.744. The average Bonchev–Trinajstić information content (AvgIpc) is 2.96. The minimum atomic E-state index is 0.286. The molecule has 3 rings (SSSR count). The van der Waals surface area contributed by atoms with Gasteiger partial charge < -0.3 is 4.98 Å². The van der Waals surface area contributed by atoms with E-state index in [1.165, 1.54) is 5.56 Å². The highest BCUT2D eigenvalue weighted by Crippen LogP contribution is 2.24. The van der Waals surface area contributed by atoms with Gasteiger partial charge >= 0.3 is 0 Å². The molecule has 0 aliphatic carbocycles. The van der Waals surface area contributed by atoms with Crippen molar-refractivity contribution in [3.8, 4) is 0 Å². The maximum absolute atomic E-state index is 5.53. The van der Waals surface area contributed by atoms with Gasteiger partial charge in [0.05, 0.1) is 5.69 Å². The van der Waals surface area contributed by atoms with Crippen LogP contribution < -0.4 is 0 Å². The number of aromatic nitrogens is 4. The first-order chi connectivity index (χ1) is 10.1. The minimum Gasteiger partial charge on any atom is -0.328 e. The van der Waals surface area contributed by atoms with E-state index in [4.69, 9.17) is 12.2 Å². The first-order valence-corrected chi connectivity index (χ1v) is 7.72. The molecule has 1 atom stereocenters. The van der Waals surface area contributed by atoms with Gasteiger partial charge in [0.25, 0.3) is 0 Å². The van der Waals surface area contributed by atoms with Crippen LogP contribution in [0.1, 0.15) is 31.1 Å². The number of nitrogens with zero attached hydrogens (tertiary/aromatic N) is 3. The number of rotatable bonds is 4. The highest BCUT2D eigenvalue weighted by atomic mass is 32.1. The number of fused-ring (bicyclic) bond motifs is 1. The number of aromatic amines is 1. The number of H-pyrrole nitrogens is 1. The third-order valence-electron chi connectivity index (χ3n) is 3.92. The Morgan fingerprint density at radius 1 is 1.29 bits per heavy atom. The van der Waals surface area contributed by atoms with Gasteiger partial charge in [-0.25, -0.2) is 0 Å². The zero-order valence-corrected chi connectivity index (χ0v) is 13.4. The Kier molecular flexibility index (Phi) is 3.68. The van der Waals surface area contributed by atoms with Gasteiger partial charge in [0.1, 0.15) is 5.52 Å². The van der Waals surface area contributed by atoms with Crippen LogP contribution >= 0.6 is 12.2 Å². The predicted octanol–water partition coefficient (Wildman–Crippen LogP) is 3.80. The summed E-state index contributed by atoms with van der Waals surface area (Å²) in [7, 11) is 1.98. The van der Waals surface area contributed by atoms with Crippen molar-refractivity contribution in [3.63, 3.8) is 0 Å². The van der Waals surface area contributed by atoms with E-state index in [0.717, 1.165) is 34.5 Å². The normalized spacial score (nSPS) is 12.9. The molecule has 2 aromatic heterocycles. The van der Waals surface area contributed by atoms with E-state index in [-0.39, 0.29) is 6.04 Å². The molecule has 0 amide bonds. The van der Waals surface area contributed by atoms with E-state index in [9.17, 15) is 0 Å². The van der Waals surface area contributed by atoms with Gasteiger partial charge in [0.2, 0.25) is 0 Å². The van der Waals surface area contributed by atoms with Crippen molar-refractivity contribution in [1.29, 1.82) is 0 Å². The van der Waals surface area contributed by atoms with Crippen molar-refractivity contribution in [1.82, 2.24) is 19.3 Å². The van der Waals surface area contributed by atoms with Crippen LogP contribution in [0.3, 0.4) is 0 Å². The van der Waals surface area contributed by atoms with Crippen LogP contribution in [-0.4, -0.2) is 19.3 Å². The third kappa shape index (κ3) is 2.42. The van der Waals surface area contributed by atoms with Crippen LogP contribution in [0.4, 0.5) is 0 Å². The molecule has 4 nitrogen and oxygen atoms in total. The van der Waals surface area contributed by atoms with E-state index < -0.39 is 0 Å². The first kappa shape index (κ1) is 14.1. The van der Waals surface area contributed by atoms with E-state index in [1.807, 2.05) is 17.8 Å². The van der Waals surface area contributed by atoms with Gasteiger partial charge in [-0.15, -0.1) is 0 Å². The fourth-order valence-electron chi connectivity index (χ4n) is 2.94. The van der Waals surface area contributed by atoms with E-state index >= 15 is 0 Å². The Hall–Kier alpha value is -1.88. The smallest absolute Gasteiger partial charge is 0.179 e. The summed E-state index contributed by atoms with van der Waals surface area (Å²) in [5.74, 6) is 0. The lowest BCUT2D eigenvalue weighted by Crippen LogP contribution is -2.11. The second-order valence-electron chi connectivity index (χ2n) is 5.46. The summed E-state index contributed by atoms with van der Waals surface area (Å²) in [6.45, 7) is 4.32. The molecule has 0 aliphatic heterocycles. The summed E-state index contributed by atoms with van der Waals surface area (Å²) in [5, 5.41) is 4.58. The SMILES string of the molecule is CCc1nn(C)c2c1[nH]c(=S)n2C(C)Cc1ccccc1. The van der Waals surface area contributed by atoms with Crippen molar-refractivity contribution in [2.24, 2.45) is 7.05 Å². The molecule has 1 N–H and O–H groups in total. The van der Waals surface area contributed by atoms with E-state index in [0.29, 0.717) is 0 Å². The third-order valence-corrected chi connectivity index (χ3v) is 4.22. The first-order valence-electron chi connectivity index (χ1n) is 7.31. The number of benzene rings is 1. The monoisotopic (exact) mass is 300 g/mol. The van der Waals surface area contributed by atoms with Crippen LogP contribution in [0.2, 0.25) is 0 Å². The highest BCUT2D eigenvalue weighted by Gasteiger charge is 2.18. The Morgan fingerprint density at radius 3 is 2.67 bits per heavy atom. The molecule has 0 radical (unpaired) electrons. The van der Waals surface area contributed by atoms with E-state index in [1.54, 1.807) is 0 Å². The van der Waals surface area contributed by atoms with Crippen LogP contribution in [0, 0.1) is 4.77 Å². The molecule has 0 fully saturated rings. The zero-order valence-electron chi connectivity index (χ0n) is 12.6. The number of hydrogen-bond donors (Lipinski definition) is 1. The van der Waals surface area contributed by atoms with E-state index in [2.05, 4.69) is 52.8 Å². The Bertz CT molecular complexity index is 810. The molecule has 0 spiro atoms. The average molecular weight is 300 g/mol. The molecule has 0 aliphatic rings. The predicted molar refractivity (Wildman–Crippen MR) is 88.1 cm³/mol. The standard InChI is InChI=1S/C16H20N4S/c1-4-13-14-15(19(3)18-13)20(16(21)17-14)11(2)10-12-8-6-5-7-9-12/h5-9,11H,4,10H2,1-3H3,(H,17,21). The van der Waals surface area contributed by atoms with Gasteiger partial charge in [-0.1, -0.05) is 37.3 Å². The Morgan fingerprint density at radius 2 is 2.00 bits per heavy atom. The molecule has 5 heteroatoms. The molecule has 1 unspecified atom stereocenters. The molecule has 3 aromatic rings. The molecular formula is C16H20N4S. The maximum Gasteiger partial charge on any atom is 0.179 e. The molecule has 2 heterocycles. The number of aryl methyl sites for hydroxylation is 2. The summed E-state index contributed by atoms with van der Waals surface area (Å²) in [5.41, 5.74) is 4.55. The topological polar surface area (TPSA) is 38.5 Å². The molecule has 110 valence electrons. The largest absolute Gasteiger partial charge is 0.328 e. The van der Waals surface area contributed by atoms with Gasteiger partial charge in [-0.2, -0.15) is 5.10 Å². The highest BCUT2D eigenvalue weighted by molar-refractivity contribution is 7.71. The summed E-state index contributed by atoms with van der Waals surface area (Å²) in [4.78, 5) is 3.33. The van der Waals surface area contributed by atoms with Crippen LogP contribution in [0.25, 0.3) is 11.2 Å². The molecule has 0 saturated carbocycles. The van der Waals surface area contributed by atoms with Gasteiger partial charge in [0, 0.05) is 13.1 Å². The zero-order chi connectivity index (χ0) is 15.0.